The third kappa shape index (κ3) is 16.4. The standard InChI is InChI=1S/C61H79N9O18/c1-5-6-7-24-88-43-22-18-37(19-23-43)35-10-8-34(9-11-35)36-12-14-39(15-13-36)55(80)63-44-26-46(77)54(62-40(29-71)30-72)67-59(84)51-52(78)31(2)27-70(51)61(86)48(33(4)74)65-58(83)50(53(79)49(68-87)38-16-20-41(75)21-17-38)66-57(82)45-25-42(76)28-69(45)60(85)47(32(3)73)64-56(44)81/h8-23,31-33,40,42,44-54,62,71-79H,5-7,24-30H2,1-4H3,(H,63,80)(H,64,81)(H,65,83)(H,66,82)(H,67,84)/t31-,32+,33+,42+,44-,45?,46+,47?,48?,49-,50?,51?,52-,53+,54?/m0/s1. The van der Waals surface area contributed by atoms with Crippen molar-refractivity contribution in [3.05, 3.63) is 113 Å². The number of aromatic hydroxyl groups is 1. The summed E-state index contributed by atoms with van der Waals surface area (Å²) in [6.45, 7) is 3.75. The fourth-order valence-corrected chi connectivity index (χ4v) is 10.9. The second-order valence-electron chi connectivity index (χ2n) is 22.7. The van der Waals surface area contributed by atoms with Gasteiger partial charge in [-0.2, -0.15) is 4.91 Å². The van der Waals surface area contributed by atoms with E-state index >= 15 is 0 Å². The van der Waals surface area contributed by atoms with Crippen molar-refractivity contribution in [3.63, 3.8) is 0 Å². The summed E-state index contributed by atoms with van der Waals surface area (Å²) in [6, 6.07) is 11.1. The van der Waals surface area contributed by atoms with E-state index in [0.717, 1.165) is 77.5 Å². The van der Waals surface area contributed by atoms with E-state index in [1.54, 1.807) is 12.1 Å². The lowest BCUT2D eigenvalue weighted by atomic mass is 9.95. The van der Waals surface area contributed by atoms with E-state index in [1.807, 2.05) is 48.5 Å². The number of phenolic OH excluding ortho intramolecular Hbond substituents is 1. The van der Waals surface area contributed by atoms with Gasteiger partial charge in [0.05, 0.1) is 56.4 Å². The van der Waals surface area contributed by atoms with Crippen molar-refractivity contribution in [2.24, 2.45) is 11.1 Å². The van der Waals surface area contributed by atoms with Crippen LogP contribution in [0.25, 0.3) is 22.3 Å². The highest BCUT2D eigenvalue weighted by atomic mass is 16.5. The molecule has 15 atom stereocenters. The summed E-state index contributed by atoms with van der Waals surface area (Å²) in [5.41, 5.74) is 3.29. The molecule has 0 aliphatic carbocycles. The number of ether oxygens (including phenoxy) is 1. The number of fused-ring (bicyclic) bond motifs is 2. The Balaban J connectivity index is 1.24. The van der Waals surface area contributed by atoms with Gasteiger partial charge >= 0.3 is 0 Å². The van der Waals surface area contributed by atoms with Gasteiger partial charge < -0.3 is 87.1 Å². The number of nitrogens with one attached hydrogen (secondary N) is 6. The fraction of sp³-hybridized carbons (Fsp3) is 0.492. The minimum absolute atomic E-state index is 0.00649. The molecule has 3 aliphatic rings. The maximum atomic E-state index is 14.8. The van der Waals surface area contributed by atoms with Crippen LogP contribution in [-0.4, -0.2) is 215 Å². The summed E-state index contributed by atoms with van der Waals surface area (Å²) in [4.78, 5) is 116. The molecule has 3 fully saturated rings. The molecule has 27 heteroatoms. The molecule has 476 valence electrons. The zero-order chi connectivity index (χ0) is 64.1. The zero-order valence-electron chi connectivity index (χ0n) is 49.1. The van der Waals surface area contributed by atoms with E-state index in [9.17, 15) is 84.4 Å². The van der Waals surface area contributed by atoms with E-state index in [2.05, 4.69) is 44.0 Å². The van der Waals surface area contributed by atoms with Gasteiger partial charge in [0.25, 0.3) is 5.91 Å². The molecule has 27 nitrogen and oxygen atoms in total. The first-order chi connectivity index (χ1) is 42.0. The van der Waals surface area contributed by atoms with Crippen molar-refractivity contribution in [2.45, 2.75) is 151 Å². The smallest absolute Gasteiger partial charge is 0.251 e. The highest BCUT2D eigenvalue weighted by Crippen LogP contribution is 2.31. The second kappa shape index (κ2) is 30.8. The van der Waals surface area contributed by atoms with Crippen molar-refractivity contribution >= 4 is 41.4 Å². The molecule has 0 spiro atoms. The number of hydrogen-bond donors (Lipinski definition) is 15. The molecule has 4 aromatic carbocycles. The molecule has 0 saturated carbocycles. The summed E-state index contributed by atoms with van der Waals surface area (Å²) >= 11 is 0. The number of aliphatic hydroxyl groups is 8. The number of amides is 7. The number of carbonyl (C=O) groups is 7. The number of aliphatic hydroxyl groups excluding tert-OH is 8. The van der Waals surface area contributed by atoms with Crippen LogP contribution in [0.4, 0.5) is 0 Å². The van der Waals surface area contributed by atoms with Crippen LogP contribution in [0.3, 0.4) is 0 Å². The lowest BCUT2D eigenvalue weighted by Crippen LogP contribution is -2.65. The van der Waals surface area contributed by atoms with Crippen LogP contribution in [-0.2, 0) is 28.8 Å². The fourth-order valence-electron chi connectivity index (χ4n) is 10.9. The molecule has 15 N–H and O–H groups in total. The van der Waals surface area contributed by atoms with Crippen molar-refractivity contribution < 1.29 is 84.3 Å². The van der Waals surface area contributed by atoms with E-state index < -0.39 is 178 Å². The number of hydrogen-bond acceptors (Lipinski definition) is 20. The minimum Gasteiger partial charge on any atom is -0.508 e. The van der Waals surface area contributed by atoms with E-state index in [1.165, 1.54) is 31.2 Å². The third-order valence-corrected chi connectivity index (χ3v) is 16.0. The van der Waals surface area contributed by atoms with E-state index in [0.29, 0.717) is 12.2 Å². The third-order valence-electron chi connectivity index (χ3n) is 16.0. The summed E-state index contributed by atoms with van der Waals surface area (Å²) in [6.07, 6.45) is -11.3. The SMILES string of the molecule is CCCCCOc1ccc(-c2ccc(-c3ccc(C(=O)N[C@H]4C[C@@H](O)C(NC(CO)CO)NC(=O)C5[C@@H](O)[C@@H](C)CN5C(=O)C([C@@H](C)O)NC(=O)C([C@H](O)[C@@H](N=O)c5ccc(O)cc5)NC(=O)C5C[C@@H](O)CN5C(=O)C([C@@H](C)O)NC4=O)cc3)cc2)cc1. The molecule has 4 aromatic rings. The number of phenols is 1. The molecular formula is C61H79N9O18. The van der Waals surface area contributed by atoms with Crippen LogP contribution in [0.1, 0.15) is 81.8 Å². The maximum Gasteiger partial charge on any atom is 0.251 e. The molecule has 7 rings (SSSR count). The monoisotopic (exact) mass is 1230 g/mol. The predicted octanol–water partition coefficient (Wildman–Crippen LogP) is -1.20. The topological polar surface area (TPSA) is 419 Å². The van der Waals surface area contributed by atoms with Crippen molar-refractivity contribution in [1.82, 2.24) is 41.7 Å². The van der Waals surface area contributed by atoms with Gasteiger partial charge in [0.2, 0.25) is 35.4 Å². The first-order valence-corrected chi connectivity index (χ1v) is 29.2. The molecule has 6 unspecified atom stereocenters. The number of nitroso groups, excluding NO2 is 1. The van der Waals surface area contributed by atoms with Crippen LogP contribution >= 0.6 is 0 Å². The minimum atomic E-state index is -2.33. The van der Waals surface area contributed by atoms with Crippen LogP contribution in [0, 0.1) is 10.8 Å². The van der Waals surface area contributed by atoms with Crippen molar-refractivity contribution in [1.29, 1.82) is 0 Å². The Hall–Kier alpha value is -7.99. The van der Waals surface area contributed by atoms with Gasteiger partial charge in [0, 0.05) is 37.4 Å². The van der Waals surface area contributed by atoms with Crippen molar-refractivity contribution in [3.8, 4) is 33.8 Å². The summed E-state index contributed by atoms with van der Waals surface area (Å²) in [5.74, 6) is -8.85. The predicted molar refractivity (Wildman–Crippen MR) is 316 cm³/mol. The Morgan fingerprint density at radius 1 is 0.670 bits per heavy atom. The molecule has 3 heterocycles. The highest BCUT2D eigenvalue weighted by Gasteiger charge is 2.50. The summed E-state index contributed by atoms with van der Waals surface area (Å²) in [5, 5.41) is 117. The van der Waals surface area contributed by atoms with Gasteiger partial charge in [-0.25, -0.2) is 0 Å². The Morgan fingerprint density at radius 3 is 1.75 bits per heavy atom. The summed E-state index contributed by atoms with van der Waals surface area (Å²) in [7, 11) is 0. The number of unbranched alkanes of at least 4 members (excludes halogenated alkanes) is 2. The number of rotatable bonds is 19. The normalized spacial score (nSPS) is 26.5. The zero-order valence-corrected chi connectivity index (χ0v) is 49.1. The first-order valence-electron chi connectivity index (χ1n) is 29.2. The molecule has 3 saturated heterocycles. The number of benzene rings is 4. The first kappa shape index (κ1) is 67.5. The lowest BCUT2D eigenvalue weighted by Gasteiger charge is -2.35. The van der Waals surface area contributed by atoms with E-state index in [-0.39, 0.29) is 16.9 Å². The van der Waals surface area contributed by atoms with Gasteiger partial charge in [-0.05, 0) is 84.5 Å². The molecule has 7 amide bonds. The van der Waals surface area contributed by atoms with Gasteiger partial charge in [0.15, 0.2) is 0 Å². The molecule has 0 radical (unpaired) electrons. The maximum absolute atomic E-state index is 14.8. The highest BCUT2D eigenvalue weighted by molar-refractivity contribution is 6.00. The average Bonchev–Trinajstić information content (AvgIpc) is 2.07. The largest absolute Gasteiger partial charge is 0.508 e. The Labute approximate surface area is 507 Å². The molecule has 0 aromatic heterocycles. The van der Waals surface area contributed by atoms with Crippen LogP contribution in [0.15, 0.2) is 102 Å². The summed E-state index contributed by atoms with van der Waals surface area (Å²) < 4.78 is 5.85. The molecule has 0 bridgehead atoms. The average molecular weight is 1230 g/mol. The Morgan fingerprint density at radius 2 is 1.20 bits per heavy atom. The lowest BCUT2D eigenvalue weighted by molar-refractivity contribution is -0.147. The van der Waals surface area contributed by atoms with Gasteiger partial charge in [-0.1, -0.05) is 92.5 Å². The Kier molecular flexibility index (Phi) is 23.6. The van der Waals surface area contributed by atoms with Gasteiger partial charge in [-0.15, -0.1) is 0 Å². The molecule has 3 aliphatic heterocycles. The van der Waals surface area contributed by atoms with Crippen LogP contribution in [0.2, 0.25) is 0 Å². The van der Waals surface area contributed by atoms with Crippen molar-refractivity contribution in [2.75, 3.05) is 32.9 Å². The van der Waals surface area contributed by atoms with Gasteiger partial charge in [-0.3, -0.25) is 38.9 Å². The van der Waals surface area contributed by atoms with Gasteiger partial charge in [0.1, 0.15) is 66.1 Å². The van der Waals surface area contributed by atoms with Crippen LogP contribution < -0.4 is 36.6 Å². The number of nitrogens with zero attached hydrogens (tertiary/aromatic N) is 3. The molecule has 88 heavy (non-hydrogen) atoms. The van der Waals surface area contributed by atoms with Crippen LogP contribution in [0.5, 0.6) is 11.5 Å². The number of carbonyl (C=O) groups excluding carboxylic acids is 7. The second-order valence-corrected chi connectivity index (χ2v) is 22.7. The quantitative estimate of drug-likeness (QED) is 0.0387. The molecular weight excluding hydrogens is 1150 g/mol. The van der Waals surface area contributed by atoms with E-state index in [4.69, 9.17) is 4.74 Å². The Bertz CT molecular complexity index is 3040.